The largest absolute Gasteiger partial charge is 0.312 e. The summed E-state index contributed by atoms with van der Waals surface area (Å²) in [4.78, 5) is 5.80. The van der Waals surface area contributed by atoms with Crippen LogP contribution in [0.15, 0.2) is 12.1 Å². The van der Waals surface area contributed by atoms with Crippen molar-refractivity contribution in [1.29, 1.82) is 0 Å². The van der Waals surface area contributed by atoms with E-state index in [0.717, 1.165) is 12.1 Å². The smallest absolute Gasteiger partial charge is 0.0331 e. The molecule has 3 heteroatoms. The number of nitrogens with one attached hydrogen (secondary N) is 1. The number of hydrogen-bond donors (Lipinski definition) is 1. The molecule has 2 fully saturated rings. The summed E-state index contributed by atoms with van der Waals surface area (Å²) in [6.45, 7) is 5.94. The highest BCUT2D eigenvalue weighted by molar-refractivity contribution is 7.11. The van der Waals surface area contributed by atoms with Gasteiger partial charge in [-0.05, 0) is 57.3 Å². The molecule has 2 aliphatic heterocycles. The molecule has 18 heavy (non-hydrogen) atoms. The van der Waals surface area contributed by atoms with Gasteiger partial charge in [0, 0.05) is 28.4 Å². The van der Waals surface area contributed by atoms with Crippen molar-refractivity contribution in [3.63, 3.8) is 0 Å². The van der Waals surface area contributed by atoms with Crippen molar-refractivity contribution in [2.45, 2.75) is 57.7 Å². The molecule has 0 saturated carbocycles. The summed E-state index contributed by atoms with van der Waals surface area (Å²) in [6, 6.07) is 6.19. The van der Waals surface area contributed by atoms with E-state index >= 15 is 0 Å². The van der Waals surface area contributed by atoms with E-state index in [1.165, 1.54) is 56.6 Å². The zero-order valence-corrected chi connectivity index (χ0v) is 12.1. The molecule has 3 rings (SSSR count). The van der Waals surface area contributed by atoms with E-state index in [0.29, 0.717) is 0 Å². The molecule has 1 aromatic rings. The zero-order chi connectivity index (χ0) is 12.4. The lowest BCUT2D eigenvalue weighted by molar-refractivity contribution is 0.208. The van der Waals surface area contributed by atoms with Crippen molar-refractivity contribution in [3.05, 3.63) is 21.9 Å². The van der Waals surface area contributed by atoms with Crippen LogP contribution >= 0.6 is 11.3 Å². The lowest BCUT2D eigenvalue weighted by atomic mass is 10.0. The number of thiophene rings is 1. The Morgan fingerprint density at radius 3 is 2.89 bits per heavy atom. The summed E-state index contributed by atoms with van der Waals surface area (Å²) in [5.74, 6) is 0. The second-order valence-corrected chi connectivity index (χ2v) is 6.86. The van der Waals surface area contributed by atoms with Gasteiger partial charge >= 0.3 is 0 Å². The first-order chi connectivity index (χ1) is 8.86. The molecule has 100 valence electrons. The van der Waals surface area contributed by atoms with Gasteiger partial charge in [-0.1, -0.05) is 6.92 Å². The van der Waals surface area contributed by atoms with Crippen LogP contribution in [0.2, 0.25) is 0 Å². The first kappa shape index (κ1) is 12.6. The molecule has 0 spiro atoms. The number of nitrogens with zero attached hydrogens (tertiary/aromatic N) is 1. The fraction of sp³-hybridized carbons (Fsp3) is 0.733. The van der Waals surface area contributed by atoms with Gasteiger partial charge in [-0.3, -0.25) is 4.90 Å². The van der Waals surface area contributed by atoms with Gasteiger partial charge in [0.1, 0.15) is 0 Å². The molecule has 0 bridgehead atoms. The SMILES string of the molecule is CCc1ccc(CN2CCCC2C2CCCN2)s1. The Balaban J connectivity index is 1.63. The summed E-state index contributed by atoms with van der Waals surface area (Å²) in [6.07, 6.45) is 6.70. The van der Waals surface area contributed by atoms with Gasteiger partial charge in [0.05, 0.1) is 0 Å². The van der Waals surface area contributed by atoms with Gasteiger partial charge in [0.25, 0.3) is 0 Å². The second-order valence-electron chi connectivity index (χ2n) is 5.60. The summed E-state index contributed by atoms with van der Waals surface area (Å²) in [5.41, 5.74) is 0. The van der Waals surface area contributed by atoms with Crippen LogP contribution in [0.4, 0.5) is 0 Å². The summed E-state index contributed by atoms with van der Waals surface area (Å²) < 4.78 is 0. The Morgan fingerprint density at radius 1 is 1.28 bits per heavy atom. The Bertz CT molecular complexity index is 382. The summed E-state index contributed by atoms with van der Waals surface area (Å²) in [7, 11) is 0. The molecular formula is C15H24N2S. The van der Waals surface area contributed by atoms with Gasteiger partial charge in [0.15, 0.2) is 0 Å². The Kier molecular flexibility index (Phi) is 4.02. The van der Waals surface area contributed by atoms with Crippen molar-refractivity contribution in [1.82, 2.24) is 10.2 Å². The third-order valence-electron chi connectivity index (χ3n) is 4.40. The highest BCUT2D eigenvalue weighted by Gasteiger charge is 2.33. The van der Waals surface area contributed by atoms with Crippen LogP contribution in [0.1, 0.15) is 42.4 Å². The van der Waals surface area contributed by atoms with E-state index in [4.69, 9.17) is 0 Å². The van der Waals surface area contributed by atoms with E-state index in [1.54, 1.807) is 4.88 Å². The Morgan fingerprint density at radius 2 is 2.17 bits per heavy atom. The van der Waals surface area contributed by atoms with Crippen molar-refractivity contribution >= 4 is 11.3 Å². The Labute approximate surface area is 114 Å². The molecule has 1 aromatic heterocycles. The first-order valence-electron chi connectivity index (χ1n) is 7.42. The molecule has 1 N–H and O–H groups in total. The van der Waals surface area contributed by atoms with Crippen molar-refractivity contribution in [3.8, 4) is 0 Å². The highest BCUT2D eigenvalue weighted by atomic mass is 32.1. The van der Waals surface area contributed by atoms with E-state index in [2.05, 4.69) is 29.3 Å². The van der Waals surface area contributed by atoms with E-state index in [-0.39, 0.29) is 0 Å². The maximum absolute atomic E-state index is 3.69. The van der Waals surface area contributed by atoms with Gasteiger partial charge in [-0.15, -0.1) is 11.3 Å². The lowest BCUT2D eigenvalue weighted by Gasteiger charge is -2.29. The predicted molar refractivity (Wildman–Crippen MR) is 78.2 cm³/mol. The fourth-order valence-corrected chi connectivity index (χ4v) is 4.42. The van der Waals surface area contributed by atoms with E-state index in [1.807, 2.05) is 11.3 Å². The molecule has 2 unspecified atom stereocenters. The first-order valence-corrected chi connectivity index (χ1v) is 8.23. The van der Waals surface area contributed by atoms with E-state index < -0.39 is 0 Å². The van der Waals surface area contributed by atoms with Crippen LogP contribution in [-0.2, 0) is 13.0 Å². The lowest BCUT2D eigenvalue weighted by Crippen LogP contribution is -2.43. The molecular weight excluding hydrogens is 240 g/mol. The summed E-state index contributed by atoms with van der Waals surface area (Å²) in [5, 5.41) is 3.69. The molecule has 0 aromatic carbocycles. The quantitative estimate of drug-likeness (QED) is 0.899. The van der Waals surface area contributed by atoms with Gasteiger partial charge in [-0.25, -0.2) is 0 Å². The molecule has 0 amide bonds. The van der Waals surface area contributed by atoms with Gasteiger partial charge < -0.3 is 5.32 Å². The number of likely N-dealkylation sites (tertiary alicyclic amines) is 1. The molecule has 2 nitrogen and oxygen atoms in total. The van der Waals surface area contributed by atoms with Crippen LogP contribution in [0, 0.1) is 0 Å². The molecule has 2 saturated heterocycles. The third-order valence-corrected chi connectivity index (χ3v) is 5.62. The molecule has 0 aliphatic carbocycles. The monoisotopic (exact) mass is 264 g/mol. The average molecular weight is 264 g/mol. The maximum atomic E-state index is 3.69. The third kappa shape index (κ3) is 2.63. The van der Waals surface area contributed by atoms with Gasteiger partial charge in [0.2, 0.25) is 0 Å². The molecule has 3 heterocycles. The van der Waals surface area contributed by atoms with Crippen LogP contribution < -0.4 is 5.32 Å². The maximum Gasteiger partial charge on any atom is 0.0331 e. The molecule has 2 atom stereocenters. The minimum atomic E-state index is 0.762. The fourth-order valence-electron chi connectivity index (χ4n) is 3.44. The Hall–Kier alpha value is -0.380. The van der Waals surface area contributed by atoms with Crippen LogP contribution in [0.25, 0.3) is 0 Å². The molecule has 0 radical (unpaired) electrons. The van der Waals surface area contributed by atoms with Crippen LogP contribution in [-0.4, -0.2) is 30.1 Å². The van der Waals surface area contributed by atoms with Crippen molar-refractivity contribution in [2.24, 2.45) is 0 Å². The topological polar surface area (TPSA) is 15.3 Å². The van der Waals surface area contributed by atoms with Gasteiger partial charge in [-0.2, -0.15) is 0 Å². The average Bonchev–Trinajstić information content (AvgIpc) is 3.09. The van der Waals surface area contributed by atoms with E-state index in [9.17, 15) is 0 Å². The number of hydrogen-bond acceptors (Lipinski definition) is 3. The number of aryl methyl sites for hydroxylation is 1. The standard InChI is InChI=1S/C15H24N2S/c1-2-12-7-8-13(18-12)11-17-10-4-6-15(17)14-5-3-9-16-14/h7-8,14-16H,2-6,9-11H2,1H3. The highest BCUT2D eigenvalue weighted by Crippen LogP contribution is 2.28. The minimum Gasteiger partial charge on any atom is -0.312 e. The van der Waals surface area contributed by atoms with Crippen molar-refractivity contribution < 1.29 is 0 Å². The van der Waals surface area contributed by atoms with Crippen molar-refractivity contribution in [2.75, 3.05) is 13.1 Å². The number of rotatable bonds is 4. The second kappa shape index (κ2) is 5.72. The molecule has 2 aliphatic rings. The minimum absolute atomic E-state index is 0.762. The predicted octanol–water partition coefficient (Wildman–Crippen LogP) is 3.03. The normalized spacial score (nSPS) is 29.2. The van der Waals surface area contributed by atoms with Crippen LogP contribution in [0.5, 0.6) is 0 Å². The zero-order valence-electron chi connectivity index (χ0n) is 11.3. The summed E-state index contributed by atoms with van der Waals surface area (Å²) >= 11 is 2.00. The van der Waals surface area contributed by atoms with Crippen LogP contribution in [0.3, 0.4) is 0 Å².